The molecule has 0 spiro atoms. The number of nitrogens with zero attached hydrogens (tertiary/aromatic N) is 2. The van der Waals surface area contributed by atoms with Crippen LogP contribution in [0.25, 0.3) is 0 Å². The average Bonchev–Trinajstić information content (AvgIpc) is 3.35. The predicted molar refractivity (Wildman–Crippen MR) is 118 cm³/mol. The summed E-state index contributed by atoms with van der Waals surface area (Å²) in [5, 5.41) is 12.4. The van der Waals surface area contributed by atoms with E-state index in [9.17, 15) is 14.9 Å². The molecule has 1 aromatic carbocycles. The van der Waals surface area contributed by atoms with Crippen LogP contribution < -0.4 is 5.32 Å². The van der Waals surface area contributed by atoms with Gasteiger partial charge in [0, 0.05) is 5.69 Å². The summed E-state index contributed by atoms with van der Waals surface area (Å²) in [5.41, 5.74) is 2.26. The summed E-state index contributed by atoms with van der Waals surface area (Å²) in [6.07, 6.45) is 3.94. The summed E-state index contributed by atoms with van der Waals surface area (Å²) >= 11 is 0. The van der Waals surface area contributed by atoms with Gasteiger partial charge in [0.2, 0.25) is 0 Å². The summed E-state index contributed by atoms with van der Waals surface area (Å²) in [6, 6.07) is 15.3. The van der Waals surface area contributed by atoms with Crippen molar-refractivity contribution in [3.05, 3.63) is 76.9 Å². The number of amides is 1. The fraction of sp³-hybridized carbons (Fsp3) is 0.320. The van der Waals surface area contributed by atoms with Crippen molar-refractivity contribution in [2.45, 2.75) is 45.1 Å². The molecule has 4 rings (SSSR count). The fourth-order valence-electron chi connectivity index (χ4n) is 4.22. The highest BCUT2D eigenvalue weighted by molar-refractivity contribution is 5.95. The van der Waals surface area contributed by atoms with Gasteiger partial charge in [-0.15, -0.1) is 0 Å². The summed E-state index contributed by atoms with van der Waals surface area (Å²) in [5.74, 6) is 0.199. The van der Waals surface area contributed by atoms with Crippen LogP contribution in [0, 0.1) is 25.2 Å². The van der Waals surface area contributed by atoms with Crippen LogP contribution >= 0.6 is 0 Å². The van der Waals surface area contributed by atoms with Gasteiger partial charge in [-0.3, -0.25) is 9.59 Å². The number of ether oxygens (including phenoxy) is 1. The van der Waals surface area contributed by atoms with Gasteiger partial charge in [0.15, 0.2) is 6.61 Å². The van der Waals surface area contributed by atoms with Crippen molar-refractivity contribution >= 4 is 17.7 Å². The number of carbonyl (C=O) groups excluding carboxylic acids is 2. The minimum atomic E-state index is -0.675. The lowest BCUT2D eigenvalue weighted by molar-refractivity contribution is -0.156. The second-order valence-electron chi connectivity index (χ2n) is 8.14. The Labute approximate surface area is 186 Å². The van der Waals surface area contributed by atoms with Crippen LogP contribution in [0.2, 0.25) is 0 Å². The van der Waals surface area contributed by atoms with E-state index >= 15 is 0 Å². The third-order valence-electron chi connectivity index (χ3n) is 6.35. The van der Waals surface area contributed by atoms with Crippen molar-refractivity contribution in [1.82, 2.24) is 4.57 Å². The van der Waals surface area contributed by atoms with Crippen LogP contribution in [0.4, 0.5) is 5.82 Å². The molecular weight excluding hydrogens is 406 g/mol. The van der Waals surface area contributed by atoms with Crippen molar-refractivity contribution in [1.29, 1.82) is 5.26 Å². The number of nitriles is 1. The molecule has 7 nitrogen and oxygen atoms in total. The number of aromatic nitrogens is 1. The Balaban J connectivity index is 1.48. The number of carbonyl (C=O) groups is 2. The summed E-state index contributed by atoms with van der Waals surface area (Å²) in [6.45, 7) is 3.67. The Morgan fingerprint density at radius 2 is 1.94 bits per heavy atom. The van der Waals surface area contributed by atoms with E-state index in [0.717, 1.165) is 23.2 Å². The summed E-state index contributed by atoms with van der Waals surface area (Å²) < 4.78 is 12.7. The summed E-state index contributed by atoms with van der Waals surface area (Å²) in [7, 11) is 0. The zero-order valence-electron chi connectivity index (χ0n) is 18.2. The van der Waals surface area contributed by atoms with Gasteiger partial charge in [-0.1, -0.05) is 36.8 Å². The molecule has 1 N–H and O–H groups in total. The van der Waals surface area contributed by atoms with Gasteiger partial charge in [-0.25, -0.2) is 0 Å². The Bertz CT molecular complexity index is 1170. The first-order chi connectivity index (χ1) is 15.5. The van der Waals surface area contributed by atoms with E-state index in [4.69, 9.17) is 9.15 Å². The van der Waals surface area contributed by atoms with Crippen LogP contribution in [-0.2, 0) is 26.3 Å². The number of esters is 1. The highest BCUT2D eigenvalue weighted by Gasteiger charge is 2.47. The number of furan rings is 1. The van der Waals surface area contributed by atoms with Crippen molar-refractivity contribution in [2.24, 2.45) is 0 Å². The predicted octanol–water partition coefficient (Wildman–Crippen LogP) is 4.22. The van der Waals surface area contributed by atoms with E-state index < -0.39 is 17.9 Å². The number of hydrogen-bond acceptors (Lipinski definition) is 5. The molecule has 7 heteroatoms. The van der Waals surface area contributed by atoms with Gasteiger partial charge in [0.05, 0.1) is 23.8 Å². The first kappa shape index (κ1) is 21.4. The van der Waals surface area contributed by atoms with E-state index in [1.165, 1.54) is 0 Å². The van der Waals surface area contributed by atoms with Gasteiger partial charge in [0.1, 0.15) is 17.6 Å². The Morgan fingerprint density at radius 3 is 2.53 bits per heavy atom. The maximum absolute atomic E-state index is 12.9. The van der Waals surface area contributed by atoms with E-state index in [1.807, 2.05) is 54.8 Å². The second kappa shape index (κ2) is 8.75. The van der Waals surface area contributed by atoms with Crippen LogP contribution in [0.15, 0.2) is 53.1 Å². The lowest BCUT2D eigenvalue weighted by Crippen LogP contribution is -2.44. The molecule has 0 bridgehead atoms. The highest BCUT2D eigenvalue weighted by Crippen LogP contribution is 2.44. The first-order valence-electron chi connectivity index (χ1n) is 10.6. The maximum atomic E-state index is 12.9. The van der Waals surface area contributed by atoms with E-state index in [-0.39, 0.29) is 5.97 Å². The average molecular weight is 431 g/mol. The molecule has 1 saturated carbocycles. The van der Waals surface area contributed by atoms with Gasteiger partial charge in [0.25, 0.3) is 5.91 Å². The van der Waals surface area contributed by atoms with Gasteiger partial charge in [-0.2, -0.15) is 5.26 Å². The topological polar surface area (TPSA) is 97.3 Å². The molecule has 0 radical (unpaired) electrons. The standard InChI is InChI=1S/C25H25N3O4/c1-17-18(2)28(15-20-10-6-13-31-20)23(21(17)14-26)27-22(29)16-32-24(30)25(11-7-12-25)19-8-4-3-5-9-19/h3-6,8-10,13H,7,11-12,15-16H2,1-2H3,(H,27,29). The van der Waals surface area contributed by atoms with Gasteiger partial charge < -0.3 is 19.0 Å². The molecule has 0 aliphatic heterocycles. The Morgan fingerprint density at radius 1 is 1.19 bits per heavy atom. The third-order valence-corrected chi connectivity index (χ3v) is 6.35. The molecule has 1 aliphatic rings. The molecule has 0 unspecified atom stereocenters. The summed E-state index contributed by atoms with van der Waals surface area (Å²) in [4.78, 5) is 25.6. The number of anilines is 1. The quantitative estimate of drug-likeness (QED) is 0.565. The molecule has 1 aliphatic carbocycles. The van der Waals surface area contributed by atoms with Crippen molar-refractivity contribution in [2.75, 3.05) is 11.9 Å². The smallest absolute Gasteiger partial charge is 0.317 e. The van der Waals surface area contributed by atoms with E-state index in [1.54, 1.807) is 12.3 Å². The van der Waals surface area contributed by atoms with Crippen LogP contribution in [0.1, 0.15) is 47.4 Å². The fourth-order valence-corrected chi connectivity index (χ4v) is 4.22. The van der Waals surface area contributed by atoms with Crippen LogP contribution in [0.3, 0.4) is 0 Å². The molecule has 3 aromatic rings. The number of benzene rings is 1. The first-order valence-corrected chi connectivity index (χ1v) is 10.6. The molecule has 1 amide bonds. The lowest BCUT2D eigenvalue weighted by Gasteiger charge is -2.39. The molecule has 2 aromatic heterocycles. The molecule has 164 valence electrons. The van der Waals surface area contributed by atoms with Gasteiger partial charge >= 0.3 is 5.97 Å². The SMILES string of the molecule is Cc1c(C#N)c(NC(=O)COC(=O)C2(c3ccccc3)CCC2)n(Cc2ccco2)c1C. The van der Waals surface area contributed by atoms with Gasteiger partial charge in [-0.05, 0) is 49.9 Å². The Hall–Kier alpha value is -3.79. The number of hydrogen-bond donors (Lipinski definition) is 1. The second-order valence-corrected chi connectivity index (χ2v) is 8.14. The minimum absolute atomic E-state index is 0.369. The zero-order valence-corrected chi connectivity index (χ0v) is 18.2. The monoisotopic (exact) mass is 431 g/mol. The van der Waals surface area contributed by atoms with E-state index in [2.05, 4.69) is 11.4 Å². The van der Waals surface area contributed by atoms with E-state index in [0.29, 0.717) is 36.5 Å². The minimum Gasteiger partial charge on any atom is -0.467 e. The normalized spacial score (nSPS) is 14.3. The molecule has 0 atom stereocenters. The Kier molecular flexibility index (Phi) is 5.87. The lowest BCUT2D eigenvalue weighted by atomic mass is 9.64. The molecular formula is C25H25N3O4. The van der Waals surface area contributed by atoms with Crippen LogP contribution in [0.5, 0.6) is 0 Å². The van der Waals surface area contributed by atoms with Crippen molar-refractivity contribution < 1.29 is 18.7 Å². The zero-order chi connectivity index (χ0) is 22.7. The van der Waals surface area contributed by atoms with Crippen molar-refractivity contribution in [3.8, 4) is 6.07 Å². The van der Waals surface area contributed by atoms with Crippen LogP contribution in [-0.4, -0.2) is 23.1 Å². The largest absolute Gasteiger partial charge is 0.467 e. The highest BCUT2D eigenvalue weighted by atomic mass is 16.5. The third kappa shape index (κ3) is 3.80. The molecule has 32 heavy (non-hydrogen) atoms. The van der Waals surface area contributed by atoms with Crippen molar-refractivity contribution in [3.63, 3.8) is 0 Å². The molecule has 2 heterocycles. The molecule has 0 saturated heterocycles. The number of nitrogens with one attached hydrogen (secondary N) is 1. The maximum Gasteiger partial charge on any atom is 0.317 e. The molecule has 1 fully saturated rings. The number of rotatable bonds is 7.